The molecule has 0 spiro atoms. The monoisotopic (exact) mass is 417 g/mol. The van der Waals surface area contributed by atoms with E-state index in [1.54, 1.807) is 18.2 Å². The number of nitrogens with one attached hydrogen (secondary N) is 1. The number of rotatable bonds is 9. The second kappa shape index (κ2) is 8.92. The van der Waals surface area contributed by atoms with Crippen LogP contribution < -0.4 is 9.46 Å². The largest absolute Gasteiger partial charge is 0.490 e. The zero-order valence-corrected chi connectivity index (χ0v) is 18.0. The first-order valence-corrected chi connectivity index (χ1v) is 11.3. The van der Waals surface area contributed by atoms with Gasteiger partial charge in [-0.25, -0.2) is 13.1 Å². The lowest BCUT2D eigenvalue weighted by Crippen LogP contribution is -2.25. The Labute approximate surface area is 171 Å². The fourth-order valence-electron chi connectivity index (χ4n) is 2.96. The molecule has 0 saturated carbocycles. The van der Waals surface area contributed by atoms with Crippen molar-refractivity contribution in [1.29, 1.82) is 0 Å². The minimum Gasteiger partial charge on any atom is -0.490 e. The summed E-state index contributed by atoms with van der Waals surface area (Å²) < 4.78 is 39.4. The fourth-order valence-corrected chi connectivity index (χ4v) is 4.25. The molecule has 0 saturated heterocycles. The Morgan fingerprint density at radius 2 is 1.79 bits per heavy atom. The van der Waals surface area contributed by atoms with E-state index in [4.69, 9.17) is 9.26 Å². The molecule has 0 fully saturated rings. The van der Waals surface area contributed by atoms with Crippen molar-refractivity contribution < 1.29 is 17.7 Å². The lowest BCUT2D eigenvalue weighted by atomic mass is 10.1. The van der Waals surface area contributed by atoms with Crippen LogP contribution >= 0.6 is 0 Å². The summed E-state index contributed by atoms with van der Waals surface area (Å²) in [5, 5.41) is 5.33. The first-order chi connectivity index (χ1) is 13.8. The molecule has 3 aromatic rings. The predicted octanol–water partition coefficient (Wildman–Crippen LogP) is 4.04. The zero-order chi connectivity index (χ0) is 21.0. The molecule has 156 valence electrons. The van der Waals surface area contributed by atoms with Crippen molar-refractivity contribution in [3.8, 4) is 5.75 Å². The van der Waals surface area contributed by atoms with Crippen LogP contribution in [0.5, 0.6) is 5.75 Å². The van der Waals surface area contributed by atoms with Crippen molar-refractivity contribution in [3.63, 3.8) is 0 Å². The minimum absolute atomic E-state index is 0.0000926. The van der Waals surface area contributed by atoms with Gasteiger partial charge in [-0.15, -0.1) is 0 Å². The molecule has 29 heavy (non-hydrogen) atoms. The molecule has 1 heterocycles. The Bertz CT molecular complexity index is 1070. The van der Waals surface area contributed by atoms with Crippen LogP contribution in [-0.2, 0) is 16.4 Å². The van der Waals surface area contributed by atoms with Gasteiger partial charge >= 0.3 is 0 Å². The highest BCUT2D eigenvalue weighted by molar-refractivity contribution is 7.89. The summed E-state index contributed by atoms with van der Waals surface area (Å²) in [7, 11) is -3.67. The van der Waals surface area contributed by atoms with Crippen molar-refractivity contribution in [2.45, 2.75) is 57.5 Å². The van der Waals surface area contributed by atoms with Crippen LogP contribution in [0.3, 0.4) is 0 Å². The van der Waals surface area contributed by atoms with E-state index in [1.165, 1.54) is 0 Å². The van der Waals surface area contributed by atoms with E-state index in [9.17, 15) is 8.42 Å². The highest BCUT2D eigenvalue weighted by Crippen LogP contribution is 2.31. The minimum atomic E-state index is -3.67. The Morgan fingerprint density at radius 1 is 1.07 bits per heavy atom. The van der Waals surface area contributed by atoms with E-state index in [0.717, 1.165) is 5.39 Å². The van der Waals surface area contributed by atoms with Crippen LogP contribution in [0.4, 0.5) is 0 Å². The molecule has 0 bridgehead atoms. The van der Waals surface area contributed by atoms with Crippen LogP contribution in [0.1, 0.15) is 51.7 Å². The Balaban J connectivity index is 1.71. The number of fused-ring (bicyclic) bond motifs is 1. The summed E-state index contributed by atoms with van der Waals surface area (Å²) in [6.45, 7) is 8.14. The molecule has 0 atom stereocenters. The van der Waals surface area contributed by atoms with Crippen LogP contribution in [0.25, 0.3) is 10.8 Å². The zero-order valence-electron chi connectivity index (χ0n) is 17.2. The maximum atomic E-state index is 12.9. The highest BCUT2D eigenvalue weighted by Gasteiger charge is 2.19. The number of benzene rings is 2. The summed E-state index contributed by atoms with van der Waals surface area (Å²) in [5.41, 5.74) is 0. The molecule has 1 aromatic heterocycles. The van der Waals surface area contributed by atoms with Crippen LogP contribution in [-0.4, -0.2) is 31.2 Å². The van der Waals surface area contributed by atoms with Crippen molar-refractivity contribution in [1.82, 2.24) is 14.9 Å². The topological polar surface area (TPSA) is 94.3 Å². The van der Waals surface area contributed by atoms with Gasteiger partial charge in [-0.2, -0.15) is 4.98 Å². The molecule has 0 unspecified atom stereocenters. The lowest BCUT2D eigenvalue weighted by molar-refractivity contribution is 0.245. The van der Waals surface area contributed by atoms with E-state index in [0.29, 0.717) is 35.7 Å². The summed E-state index contributed by atoms with van der Waals surface area (Å²) in [4.78, 5) is 4.55. The first kappa shape index (κ1) is 21.3. The van der Waals surface area contributed by atoms with Crippen LogP contribution in [0, 0.1) is 0 Å². The predicted molar refractivity (Wildman–Crippen MR) is 112 cm³/mol. The molecule has 0 aliphatic rings. The van der Waals surface area contributed by atoms with Gasteiger partial charge in [0.1, 0.15) is 5.75 Å². The highest BCUT2D eigenvalue weighted by atomic mass is 32.2. The quantitative estimate of drug-likeness (QED) is 0.528. The second-order valence-electron chi connectivity index (χ2n) is 7.48. The molecule has 7 nitrogen and oxygen atoms in total. The smallest absolute Gasteiger partial charge is 0.241 e. The summed E-state index contributed by atoms with van der Waals surface area (Å²) >= 11 is 0. The van der Waals surface area contributed by atoms with Gasteiger partial charge in [0, 0.05) is 29.7 Å². The number of aryl methyl sites for hydroxylation is 1. The number of hydrogen-bond donors (Lipinski definition) is 1. The lowest BCUT2D eigenvalue weighted by Gasteiger charge is -2.15. The van der Waals surface area contributed by atoms with Gasteiger partial charge < -0.3 is 9.26 Å². The molecule has 1 N–H and O–H groups in total. The molecule has 2 aromatic carbocycles. The van der Waals surface area contributed by atoms with Gasteiger partial charge in [0.25, 0.3) is 0 Å². The van der Waals surface area contributed by atoms with Crippen molar-refractivity contribution in [2.24, 2.45) is 0 Å². The third-order valence-electron chi connectivity index (χ3n) is 4.36. The number of aromatic nitrogens is 2. The molecular formula is C21H27N3O4S. The van der Waals surface area contributed by atoms with Gasteiger partial charge in [0.2, 0.25) is 15.9 Å². The molecule has 3 rings (SSSR count). The molecule has 0 aliphatic heterocycles. The first-order valence-electron chi connectivity index (χ1n) is 9.78. The van der Waals surface area contributed by atoms with Gasteiger partial charge in [-0.3, -0.25) is 0 Å². The summed E-state index contributed by atoms with van der Waals surface area (Å²) in [6.07, 6.45) is 1.08. The molecular weight excluding hydrogens is 390 g/mol. The van der Waals surface area contributed by atoms with E-state index < -0.39 is 10.0 Å². The second-order valence-corrected chi connectivity index (χ2v) is 9.21. The van der Waals surface area contributed by atoms with E-state index in [1.807, 2.05) is 45.9 Å². The summed E-state index contributed by atoms with van der Waals surface area (Å²) in [6, 6.07) is 10.7. The van der Waals surface area contributed by atoms with Gasteiger partial charge in [-0.1, -0.05) is 43.3 Å². The number of ether oxygens (including phenoxy) is 1. The van der Waals surface area contributed by atoms with Gasteiger partial charge in [-0.05, 0) is 32.4 Å². The van der Waals surface area contributed by atoms with Crippen molar-refractivity contribution >= 4 is 20.8 Å². The number of nitrogens with zero attached hydrogens (tertiary/aromatic N) is 2. The Morgan fingerprint density at radius 3 is 2.45 bits per heavy atom. The molecule has 0 aliphatic carbocycles. The summed E-state index contributed by atoms with van der Waals surface area (Å²) in [5.74, 6) is 2.05. The van der Waals surface area contributed by atoms with Crippen molar-refractivity contribution in [3.05, 3.63) is 48.1 Å². The van der Waals surface area contributed by atoms with E-state index in [2.05, 4.69) is 14.9 Å². The molecule has 8 heteroatoms. The Hall–Kier alpha value is -2.45. The standard InChI is InChI=1S/C21H27N3O4S/c1-14(2)21-23-20(28-24-21)10-7-13-22-29(25,26)19-12-11-18(27-15(3)4)16-8-5-6-9-17(16)19/h5-6,8-9,11-12,14-15,22H,7,10,13H2,1-4H3. The van der Waals surface area contributed by atoms with E-state index in [-0.39, 0.29) is 23.5 Å². The van der Waals surface area contributed by atoms with Gasteiger partial charge in [0.15, 0.2) is 5.82 Å². The Kier molecular flexibility index (Phi) is 6.54. The van der Waals surface area contributed by atoms with Crippen LogP contribution in [0.2, 0.25) is 0 Å². The van der Waals surface area contributed by atoms with Gasteiger partial charge in [0.05, 0.1) is 11.0 Å². The SMILES string of the molecule is CC(C)Oc1ccc(S(=O)(=O)NCCCc2nc(C(C)C)no2)c2ccccc12. The van der Waals surface area contributed by atoms with Crippen molar-refractivity contribution in [2.75, 3.05) is 6.54 Å². The average Bonchev–Trinajstić information content (AvgIpc) is 3.14. The normalized spacial score (nSPS) is 12.2. The third kappa shape index (κ3) is 5.13. The number of sulfonamides is 1. The van der Waals surface area contributed by atoms with Crippen LogP contribution in [0.15, 0.2) is 45.8 Å². The molecule has 0 radical (unpaired) electrons. The average molecular weight is 418 g/mol. The maximum absolute atomic E-state index is 12.9. The molecule has 0 amide bonds. The maximum Gasteiger partial charge on any atom is 0.241 e. The van der Waals surface area contributed by atoms with E-state index >= 15 is 0 Å². The third-order valence-corrected chi connectivity index (χ3v) is 5.88. The fraction of sp³-hybridized carbons (Fsp3) is 0.429. The number of hydrogen-bond acceptors (Lipinski definition) is 6.